The SMILES string of the molecule is COc1ccc(F)cc1-c1csc(CC(=O)c2ccc(CC(C)=O)cc2)n1. The van der Waals surface area contributed by atoms with Crippen LogP contribution in [-0.4, -0.2) is 23.7 Å². The highest BCUT2D eigenvalue weighted by Gasteiger charge is 2.14. The molecule has 3 rings (SSSR count). The van der Waals surface area contributed by atoms with Crippen LogP contribution in [0.4, 0.5) is 4.39 Å². The number of hydrogen-bond donors (Lipinski definition) is 0. The highest BCUT2D eigenvalue weighted by molar-refractivity contribution is 7.10. The first-order valence-electron chi connectivity index (χ1n) is 8.36. The Hall–Kier alpha value is -2.86. The van der Waals surface area contributed by atoms with Gasteiger partial charge < -0.3 is 4.74 Å². The molecule has 2 aromatic carbocycles. The Morgan fingerprint density at radius 1 is 1.11 bits per heavy atom. The molecule has 3 aromatic rings. The number of thiazole rings is 1. The van der Waals surface area contributed by atoms with Crippen LogP contribution < -0.4 is 4.74 Å². The molecule has 0 amide bonds. The first-order valence-corrected chi connectivity index (χ1v) is 9.24. The fourth-order valence-electron chi connectivity index (χ4n) is 2.73. The summed E-state index contributed by atoms with van der Waals surface area (Å²) in [6.07, 6.45) is 0.522. The smallest absolute Gasteiger partial charge is 0.169 e. The largest absolute Gasteiger partial charge is 0.496 e. The van der Waals surface area contributed by atoms with Crippen LogP contribution in [0.5, 0.6) is 5.75 Å². The number of Topliss-reactive ketones (excluding diaryl/α,β-unsaturated/α-hetero) is 2. The number of benzene rings is 2. The average molecular weight is 383 g/mol. The van der Waals surface area contributed by atoms with E-state index in [0.717, 1.165) is 5.56 Å². The molecule has 0 aliphatic carbocycles. The molecule has 0 aliphatic heterocycles. The van der Waals surface area contributed by atoms with Crippen molar-refractivity contribution >= 4 is 22.9 Å². The first-order chi connectivity index (χ1) is 13.0. The Balaban J connectivity index is 1.75. The second-order valence-corrected chi connectivity index (χ2v) is 7.09. The summed E-state index contributed by atoms with van der Waals surface area (Å²) in [5, 5.41) is 2.43. The molecule has 0 saturated heterocycles. The van der Waals surface area contributed by atoms with E-state index in [9.17, 15) is 14.0 Å². The molecule has 1 aromatic heterocycles. The summed E-state index contributed by atoms with van der Waals surface area (Å²) in [5.74, 6) is 0.177. The minimum atomic E-state index is -0.373. The highest BCUT2D eigenvalue weighted by atomic mass is 32.1. The molecule has 0 radical (unpaired) electrons. The second-order valence-electron chi connectivity index (χ2n) is 6.15. The summed E-state index contributed by atoms with van der Waals surface area (Å²) in [6.45, 7) is 1.53. The van der Waals surface area contributed by atoms with E-state index >= 15 is 0 Å². The molecule has 27 heavy (non-hydrogen) atoms. The quantitative estimate of drug-likeness (QED) is 0.563. The fourth-order valence-corrected chi connectivity index (χ4v) is 3.52. The molecule has 0 aliphatic rings. The van der Waals surface area contributed by atoms with E-state index in [1.54, 1.807) is 35.7 Å². The van der Waals surface area contributed by atoms with Gasteiger partial charge in [-0.2, -0.15) is 0 Å². The van der Waals surface area contributed by atoms with Crippen LogP contribution in [-0.2, 0) is 17.6 Å². The van der Waals surface area contributed by atoms with E-state index in [4.69, 9.17) is 4.74 Å². The van der Waals surface area contributed by atoms with Gasteiger partial charge in [-0.25, -0.2) is 9.37 Å². The van der Waals surface area contributed by atoms with Crippen molar-refractivity contribution in [3.8, 4) is 17.0 Å². The molecule has 0 saturated carbocycles. The van der Waals surface area contributed by atoms with E-state index in [0.29, 0.717) is 34.0 Å². The Labute approximate surface area is 160 Å². The van der Waals surface area contributed by atoms with Crippen molar-refractivity contribution in [1.82, 2.24) is 4.98 Å². The van der Waals surface area contributed by atoms with Gasteiger partial charge >= 0.3 is 0 Å². The Kier molecular flexibility index (Phi) is 5.76. The van der Waals surface area contributed by atoms with Gasteiger partial charge in [0.15, 0.2) is 5.78 Å². The van der Waals surface area contributed by atoms with Crippen molar-refractivity contribution in [2.45, 2.75) is 19.8 Å². The molecular formula is C21H18FNO3S. The van der Waals surface area contributed by atoms with E-state index in [1.807, 2.05) is 0 Å². The number of halogens is 1. The van der Waals surface area contributed by atoms with E-state index < -0.39 is 0 Å². The van der Waals surface area contributed by atoms with Gasteiger partial charge in [-0.3, -0.25) is 9.59 Å². The molecule has 0 fully saturated rings. The van der Waals surface area contributed by atoms with Gasteiger partial charge in [-0.05, 0) is 30.7 Å². The third kappa shape index (κ3) is 4.65. The highest BCUT2D eigenvalue weighted by Crippen LogP contribution is 2.31. The topological polar surface area (TPSA) is 56.3 Å². The van der Waals surface area contributed by atoms with Gasteiger partial charge in [-0.15, -0.1) is 11.3 Å². The fraction of sp³-hybridized carbons (Fsp3) is 0.190. The van der Waals surface area contributed by atoms with E-state index in [-0.39, 0.29) is 23.8 Å². The standard InChI is InChI=1S/C21H18FNO3S/c1-13(24)9-14-3-5-15(6-4-14)19(25)11-21-23-18(12-27-21)17-10-16(22)7-8-20(17)26-2/h3-8,10,12H,9,11H2,1-2H3. The minimum absolute atomic E-state index is 0.0588. The van der Waals surface area contributed by atoms with Gasteiger partial charge in [0.2, 0.25) is 0 Å². The van der Waals surface area contributed by atoms with E-state index in [2.05, 4.69) is 4.98 Å². The van der Waals surface area contributed by atoms with Crippen molar-refractivity contribution in [3.05, 3.63) is 69.8 Å². The number of hydrogen-bond acceptors (Lipinski definition) is 5. The van der Waals surface area contributed by atoms with Crippen LogP contribution in [0, 0.1) is 5.82 Å². The van der Waals surface area contributed by atoms with Crippen LogP contribution >= 0.6 is 11.3 Å². The summed E-state index contributed by atoms with van der Waals surface area (Å²) < 4.78 is 18.8. The lowest BCUT2D eigenvalue weighted by atomic mass is 10.0. The number of aromatic nitrogens is 1. The first kappa shape index (κ1) is 18.9. The number of carbonyl (C=O) groups excluding carboxylic acids is 2. The summed E-state index contributed by atoms with van der Waals surface area (Å²) in [7, 11) is 1.52. The number of carbonyl (C=O) groups is 2. The van der Waals surface area contributed by atoms with Crippen LogP contribution in [0.15, 0.2) is 47.8 Å². The third-order valence-electron chi connectivity index (χ3n) is 4.03. The van der Waals surface area contributed by atoms with Crippen LogP contribution in [0.1, 0.15) is 27.9 Å². The number of methoxy groups -OCH3 is 1. The van der Waals surface area contributed by atoms with Crippen LogP contribution in [0.2, 0.25) is 0 Å². The van der Waals surface area contributed by atoms with Crippen molar-refractivity contribution in [2.24, 2.45) is 0 Å². The number of ketones is 2. The third-order valence-corrected chi connectivity index (χ3v) is 4.88. The molecule has 4 nitrogen and oxygen atoms in total. The van der Waals surface area contributed by atoms with Gasteiger partial charge in [-0.1, -0.05) is 24.3 Å². The molecule has 0 N–H and O–H groups in total. The van der Waals surface area contributed by atoms with E-state index in [1.165, 1.54) is 37.5 Å². The normalized spacial score (nSPS) is 10.6. The molecule has 138 valence electrons. The maximum absolute atomic E-state index is 13.6. The maximum Gasteiger partial charge on any atom is 0.169 e. The zero-order chi connectivity index (χ0) is 19.4. The molecule has 0 spiro atoms. The number of rotatable bonds is 7. The average Bonchev–Trinajstić information content (AvgIpc) is 3.10. The number of ether oxygens (including phenoxy) is 1. The lowest BCUT2D eigenvalue weighted by molar-refractivity contribution is -0.116. The summed E-state index contributed by atoms with van der Waals surface area (Å²) in [4.78, 5) is 28.1. The van der Waals surface area contributed by atoms with Crippen molar-refractivity contribution < 1.29 is 18.7 Å². The van der Waals surface area contributed by atoms with Gasteiger partial charge in [0.1, 0.15) is 22.4 Å². The zero-order valence-electron chi connectivity index (χ0n) is 15.0. The summed E-state index contributed by atoms with van der Waals surface area (Å²) in [6, 6.07) is 11.3. The van der Waals surface area contributed by atoms with Crippen LogP contribution in [0.3, 0.4) is 0 Å². The Morgan fingerprint density at radius 2 is 1.85 bits per heavy atom. The Bertz CT molecular complexity index is 979. The lowest BCUT2D eigenvalue weighted by Crippen LogP contribution is -2.04. The molecular weight excluding hydrogens is 365 g/mol. The van der Waals surface area contributed by atoms with Crippen molar-refractivity contribution in [1.29, 1.82) is 0 Å². The maximum atomic E-state index is 13.6. The lowest BCUT2D eigenvalue weighted by Gasteiger charge is -2.05. The van der Waals surface area contributed by atoms with Gasteiger partial charge in [0.05, 0.1) is 19.2 Å². The monoisotopic (exact) mass is 383 g/mol. The Morgan fingerprint density at radius 3 is 2.52 bits per heavy atom. The summed E-state index contributed by atoms with van der Waals surface area (Å²) in [5.41, 5.74) is 2.59. The molecule has 6 heteroatoms. The summed E-state index contributed by atoms with van der Waals surface area (Å²) >= 11 is 1.35. The predicted molar refractivity (Wildman–Crippen MR) is 103 cm³/mol. The molecule has 0 bridgehead atoms. The van der Waals surface area contributed by atoms with Crippen molar-refractivity contribution in [2.75, 3.05) is 7.11 Å². The van der Waals surface area contributed by atoms with Gasteiger partial charge in [0.25, 0.3) is 0 Å². The molecule has 1 heterocycles. The molecule has 0 atom stereocenters. The molecule has 0 unspecified atom stereocenters. The predicted octanol–water partition coefficient (Wildman–Crippen LogP) is 4.51. The zero-order valence-corrected chi connectivity index (χ0v) is 15.8. The van der Waals surface area contributed by atoms with Crippen molar-refractivity contribution in [3.63, 3.8) is 0 Å². The number of nitrogens with zero attached hydrogens (tertiary/aromatic N) is 1. The van der Waals surface area contributed by atoms with Gasteiger partial charge in [0, 0.05) is 22.9 Å². The second kappa shape index (κ2) is 8.22. The minimum Gasteiger partial charge on any atom is -0.496 e. The van der Waals surface area contributed by atoms with Crippen LogP contribution in [0.25, 0.3) is 11.3 Å².